The summed E-state index contributed by atoms with van der Waals surface area (Å²) in [6.45, 7) is 8.93. The molecule has 0 spiro atoms. The lowest BCUT2D eigenvalue weighted by atomic mass is 10.1. The van der Waals surface area contributed by atoms with Crippen molar-refractivity contribution in [3.05, 3.63) is 109 Å². The third-order valence-electron chi connectivity index (χ3n) is 9.68. The van der Waals surface area contributed by atoms with Gasteiger partial charge in [0.1, 0.15) is 23.9 Å². The fourth-order valence-electron chi connectivity index (χ4n) is 6.70. The molecule has 3 aromatic heterocycles. The highest BCUT2D eigenvalue weighted by molar-refractivity contribution is 14.1. The Morgan fingerprint density at radius 3 is 2.61 bits per heavy atom. The maximum Gasteiger partial charge on any atom is 0.324 e. The van der Waals surface area contributed by atoms with Crippen LogP contribution in [0, 0.1) is 6.92 Å². The van der Waals surface area contributed by atoms with Crippen LogP contribution in [-0.4, -0.2) is 80.3 Å². The Balaban J connectivity index is 0.965. The van der Waals surface area contributed by atoms with Gasteiger partial charge in [0.15, 0.2) is 0 Å². The molecule has 14 nitrogen and oxygen atoms in total. The number of nitrogens with zero attached hydrogens (tertiary/aromatic N) is 6. The molecule has 8 rings (SSSR count). The van der Waals surface area contributed by atoms with Crippen molar-refractivity contribution in [2.45, 2.75) is 30.6 Å². The number of amides is 2. The van der Waals surface area contributed by atoms with Crippen LogP contribution in [0.5, 0.6) is 17.4 Å². The molecule has 4 heterocycles. The molecular weight excluding hydrogens is 835 g/mol. The van der Waals surface area contributed by atoms with Crippen molar-refractivity contribution in [1.82, 2.24) is 34.8 Å². The molecule has 1 atom stereocenters. The minimum Gasteiger partial charge on any atom is -0.492 e. The number of halogens is 1. The van der Waals surface area contributed by atoms with E-state index < -0.39 is 6.03 Å². The number of nitrogens with one attached hydrogen (secondary N) is 4. The molecule has 57 heavy (non-hydrogen) atoms. The first kappa shape index (κ1) is 38.1. The van der Waals surface area contributed by atoms with E-state index in [4.69, 9.17) is 19.3 Å². The molecule has 0 saturated carbocycles. The van der Waals surface area contributed by atoms with E-state index in [9.17, 15) is 4.79 Å². The number of morpholine rings is 1. The number of aromatic amines is 1. The number of fused-ring (bicyclic) bond motifs is 2. The lowest BCUT2D eigenvalue weighted by Crippen LogP contribution is -2.38. The van der Waals surface area contributed by atoms with Crippen molar-refractivity contribution in [2.75, 3.05) is 55.4 Å². The van der Waals surface area contributed by atoms with E-state index in [2.05, 4.69) is 70.5 Å². The van der Waals surface area contributed by atoms with Gasteiger partial charge in [-0.3, -0.25) is 15.3 Å². The Morgan fingerprint density at radius 2 is 1.79 bits per heavy atom. The Morgan fingerprint density at radius 1 is 0.965 bits per heavy atom. The SMILES string of the molecule is CCCC(I)c1cc(NC(=O)Nc2ccc(Oc3ccnc(Nc4ccc5[nH]nc(C)c5c4)n3)c3ccccc23)n(-c2ccc(OCCN3CCOCC3)cc2)n1. The second kappa shape index (κ2) is 17.6. The molecule has 0 aliphatic carbocycles. The maximum atomic E-state index is 13.7. The van der Waals surface area contributed by atoms with Crippen molar-refractivity contribution in [1.29, 1.82) is 0 Å². The van der Waals surface area contributed by atoms with Gasteiger partial charge in [-0.1, -0.05) is 60.2 Å². The molecule has 1 saturated heterocycles. The highest BCUT2D eigenvalue weighted by atomic mass is 127. The largest absolute Gasteiger partial charge is 0.492 e. The van der Waals surface area contributed by atoms with Crippen LogP contribution in [-0.2, 0) is 4.74 Å². The Hall–Kier alpha value is -5.78. The molecule has 1 aliphatic rings. The van der Waals surface area contributed by atoms with Crippen LogP contribution in [0.4, 0.5) is 27.9 Å². The number of carbonyl (C=O) groups excluding carboxylic acids is 1. The van der Waals surface area contributed by atoms with Crippen LogP contribution in [0.2, 0.25) is 0 Å². The molecule has 7 aromatic rings. The number of rotatable bonds is 14. The van der Waals surface area contributed by atoms with E-state index in [1.54, 1.807) is 16.9 Å². The second-order valence-corrected chi connectivity index (χ2v) is 15.2. The van der Waals surface area contributed by atoms with Crippen molar-refractivity contribution >= 4 is 73.4 Å². The number of aryl methyl sites for hydroxylation is 1. The number of benzene rings is 4. The summed E-state index contributed by atoms with van der Waals surface area (Å²) >= 11 is 2.42. The third kappa shape index (κ3) is 9.11. The van der Waals surface area contributed by atoms with E-state index in [1.807, 2.05) is 91.9 Å². The average molecular weight is 879 g/mol. The van der Waals surface area contributed by atoms with Crippen LogP contribution >= 0.6 is 22.6 Å². The summed E-state index contributed by atoms with van der Waals surface area (Å²) < 4.78 is 19.7. The van der Waals surface area contributed by atoms with Gasteiger partial charge in [0.05, 0.1) is 45.4 Å². The highest BCUT2D eigenvalue weighted by Crippen LogP contribution is 2.35. The summed E-state index contributed by atoms with van der Waals surface area (Å²) in [6.07, 6.45) is 3.63. The minimum absolute atomic E-state index is 0.189. The number of ether oxygens (including phenoxy) is 3. The van der Waals surface area contributed by atoms with Gasteiger partial charge >= 0.3 is 6.03 Å². The van der Waals surface area contributed by atoms with Crippen LogP contribution in [0.3, 0.4) is 0 Å². The molecule has 4 aromatic carbocycles. The monoisotopic (exact) mass is 878 g/mol. The summed E-state index contributed by atoms with van der Waals surface area (Å²) in [5.41, 5.74) is 5.01. The van der Waals surface area contributed by atoms with Crippen molar-refractivity contribution in [3.63, 3.8) is 0 Å². The van der Waals surface area contributed by atoms with E-state index in [0.717, 1.165) is 95.9 Å². The zero-order chi connectivity index (χ0) is 39.1. The van der Waals surface area contributed by atoms with E-state index in [0.29, 0.717) is 35.7 Å². The van der Waals surface area contributed by atoms with Crippen molar-refractivity contribution in [2.24, 2.45) is 0 Å². The fourth-order valence-corrected chi connectivity index (χ4v) is 7.63. The van der Waals surface area contributed by atoms with Crippen LogP contribution < -0.4 is 25.4 Å². The topological polar surface area (TPSA) is 156 Å². The normalized spacial score (nSPS) is 13.7. The number of urea groups is 1. The minimum atomic E-state index is -0.402. The molecule has 4 N–H and O–H groups in total. The molecular formula is C42H43IN10O4. The molecule has 0 bridgehead atoms. The molecule has 292 valence electrons. The number of alkyl halides is 1. The predicted molar refractivity (Wildman–Crippen MR) is 231 cm³/mol. The van der Waals surface area contributed by atoms with Crippen LogP contribution in [0.1, 0.15) is 35.1 Å². The maximum absolute atomic E-state index is 13.7. The molecule has 1 unspecified atom stereocenters. The average Bonchev–Trinajstić information content (AvgIpc) is 3.82. The van der Waals surface area contributed by atoms with Gasteiger partial charge in [0, 0.05) is 59.8 Å². The first-order chi connectivity index (χ1) is 27.9. The number of anilines is 4. The van der Waals surface area contributed by atoms with Gasteiger partial charge in [-0.15, -0.1) is 0 Å². The number of aromatic nitrogens is 6. The first-order valence-corrected chi connectivity index (χ1v) is 20.2. The summed E-state index contributed by atoms with van der Waals surface area (Å²) in [4.78, 5) is 25.0. The standard InChI is InChI=1S/C42H43IN10O4/c1-3-6-34(43)37-26-39(53(51-37)29-10-12-30(13-11-29)56-24-21-52-19-22-55-23-20-52)47-42(54)46-35-15-16-38(32-8-5-4-7-31(32)35)57-40-17-18-44-41(48-40)45-28-9-14-36-33(25-28)27(2)49-50-36/h4-5,7-18,25-26,34H,3,6,19-24H2,1-2H3,(H,49,50)(H,44,45,48)(H2,46,47,54). The highest BCUT2D eigenvalue weighted by Gasteiger charge is 2.19. The lowest BCUT2D eigenvalue weighted by Gasteiger charge is -2.26. The summed E-state index contributed by atoms with van der Waals surface area (Å²) in [5, 5.41) is 24.2. The first-order valence-electron chi connectivity index (χ1n) is 19.0. The number of H-pyrrole nitrogens is 1. The van der Waals surface area contributed by atoms with Gasteiger partial charge < -0.3 is 24.8 Å². The predicted octanol–water partition coefficient (Wildman–Crippen LogP) is 9.17. The smallest absolute Gasteiger partial charge is 0.324 e. The summed E-state index contributed by atoms with van der Waals surface area (Å²) in [6, 6.07) is 28.3. The van der Waals surface area contributed by atoms with Gasteiger partial charge in [-0.2, -0.15) is 15.2 Å². The van der Waals surface area contributed by atoms with E-state index >= 15 is 0 Å². The van der Waals surface area contributed by atoms with E-state index in [-0.39, 0.29) is 3.92 Å². The summed E-state index contributed by atoms with van der Waals surface area (Å²) in [7, 11) is 0. The number of carbonyl (C=O) groups is 1. The van der Waals surface area contributed by atoms with Gasteiger partial charge in [0.2, 0.25) is 11.8 Å². The zero-order valence-corrected chi connectivity index (χ0v) is 33.8. The third-order valence-corrected chi connectivity index (χ3v) is 10.9. The van der Waals surface area contributed by atoms with Gasteiger partial charge in [0.25, 0.3) is 0 Å². The quantitative estimate of drug-likeness (QED) is 0.0614. The fraction of sp³-hybridized carbons (Fsp3) is 0.262. The molecule has 1 aliphatic heterocycles. The molecule has 0 radical (unpaired) electrons. The van der Waals surface area contributed by atoms with Gasteiger partial charge in [-0.05, 0) is 67.9 Å². The van der Waals surface area contributed by atoms with Crippen LogP contribution in [0.25, 0.3) is 27.4 Å². The van der Waals surface area contributed by atoms with Crippen LogP contribution in [0.15, 0.2) is 97.2 Å². The molecule has 2 amide bonds. The van der Waals surface area contributed by atoms with Crippen molar-refractivity contribution in [3.8, 4) is 23.1 Å². The van der Waals surface area contributed by atoms with Crippen molar-refractivity contribution < 1.29 is 19.0 Å². The lowest BCUT2D eigenvalue weighted by molar-refractivity contribution is 0.0322. The summed E-state index contributed by atoms with van der Waals surface area (Å²) in [5.74, 6) is 2.67. The zero-order valence-electron chi connectivity index (χ0n) is 31.7. The Labute approximate surface area is 343 Å². The Bertz CT molecular complexity index is 2480. The number of hydrogen-bond acceptors (Lipinski definition) is 10. The molecule has 1 fully saturated rings. The van der Waals surface area contributed by atoms with Gasteiger partial charge in [-0.25, -0.2) is 14.5 Å². The second-order valence-electron chi connectivity index (χ2n) is 13.7. The van der Waals surface area contributed by atoms with E-state index in [1.165, 1.54) is 0 Å². The molecule has 15 heteroatoms. The Kier molecular flexibility index (Phi) is 11.7. The number of hydrogen-bond donors (Lipinski definition) is 4.